The van der Waals surface area contributed by atoms with Crippen molar-refractivity contribution in [3.05, 3.63) is 129 Å². The molecule has 12 N–H and O–H groups in total. The molecular formula is C34H34N8O6S2. The Balaban J connectivity index is 1.55. The number of aryl methyl sites for hydroxylation is 2. The number of hydrogen-bond donors (Lipinski definition) is 8. The second kappa shape index (κ2) is 11.8. The van der Waals surface area contributed by atoms with E-state index in [1.54, 1.807) is 62.4 Å². The third-order valence-corrected chi connectivity index (χ3v) is 12.9. The van der Waals surface area contributed by atoms with Crippen LogP contribution in [0.25, 0.3) is 11.1 Å². The number of hydrogen-bond acceptors (Lipinski definition) is 12. The van der Waals surface area contributed by atoms with Crippen molar-refractivity contribution in [1.82, 2.24) is 0 Å². The van der Waals surface area contributed by atoms with Gasteiger partial charge in [-0.2, -0.15) is 27.0 Å². The Morgan fingerprint density at radius 1 is 0.600 bits per heavy atom. The highest BCUT2D eigenvalue weighted by molar-refractivity contribution is 7.87. The molecule has 14 nitrogen and oxygen atoms in total. The molecule has 0 fully saturated rings. The Bertz CT molecular complexity index is 2260. The standard InChI is InChI=1S/C34H34N8O6S2/c1-17-15-19(33(49(43,44)45)25-9-5-3-7-23(25)27(35)29(41-39)31(33)37)11-13-21(17)22-14-12-20(16-18(22)2)34(50(46,47)48)26-10-6-4-8-24(26)28(36)30(42-40)32(34)38/h3-16,31-32,35-36H,37-40H2,1-2H3,(H,43,44,45)(H,46,47,48). The zero-order valence-electron chi connectivity index (χ0n) is 26.8. The predicted octanol–water partition coefficient (Wildman–Crippen LogP) is 2.28. The molecule has 0 heterocycles. The molecule has 2 aliphatic rings. The predicted molar refractivity (Wildman–Crippen MR) is 192 cm³/mol. The lowest BCUT2D eigenvalue weighted by Crippen LogP contribution is -2.61. The number of benzene rings is 4. The monoisotopic (exact) mass is 714 g/mol. The molecule has 4 unspecified atom stereocenters. The zero-order valence-corrected chi connectivity index (χ0v) is 28.4. The zero-order chi connectivity index (χ0) is 36.6. The van der Waals surface area contributed by atoms with Crippen molar-refractivity contribution in [2.45, 2.75) is 35.4 Å². The van der Waals surface area contributed by atoms with Gasteiger partial charge in [0.25, 0.3) is 20.2 Å². The van der Waals surface area contributed by atoms with E-state index in [0.717, 1.165) is 0 Å². The van der Waals surface area contributed by atoms with Crippen LogP contribution >= 0.6 is 0 Å². The van der Waals surface area contributed by atoms with E-state index in [4.69, 9.17) is 34.0 Å². The van der Waals surface area contributed by atoms with Crippen molar-refractivity contribution in [1.29, 1.82) is 10.8 Å². The fourth-order valence-corrected chi connectivity index (χ4v) is 10.2. The lowest BCUT2D eigenvalue weighted by Gasteiger charge is -2.42. The normalized spacial score (nSPS) is 25.4. The molecule has 0 saturated carbocycles. The maximum atomic E-state index is 13.4. The van der Waals surface area contributed by atoms with E-state index in [-0.39, 0.29) is 56.2 Å². The first-order valence-electron chi connectivity index (χ1n) is 15.1. The summed E-state index contributed by atoms with van der Waals surface area (Å²) < 4.78 is 71.0. The summed E-state index contributed by atoms with van der Waals surface area (Å²) in [6.07, 6.45) is 0. The molecule has 4 aromatic rings. The molecule has 0 aliphatic heterocycles. The van der Waals surface area contributed by atoms with Gasteiger partial charge in [0.2, 0.25) is 0 Å². The molecule has 0 radical (unpaired) electrons. The molecule has 0 saturated heterocycles. The number of rotatable bonds is 5. The summed E-state index contributed by atoms with van der Waals surface area (Å²) in [7, 11) is -10.1. The molecular weight excluding hydrogens is 681 g/mol. The molecule has 2 aliphatic carbocycles. The third kappa shape index (κ3) is 4.53. The summed E-state index contributed by atoms with van der Waals surface area (Å²) in [6.45, 7) is 3.46. The Labute approximate surface area is 288 Å². The van der Waals surface area contributed by atoms with Crippen molar-refractivity contribution in [3.8, 4) is 11.1 Å². The Morgan fingerprint density at radius 3 is 1.24 bits per heavy atom. The fraction of sp³-hybridized carbons (Fsp3) is 0.176. The minimum atomic E-state index is -5.04. The van der Waals surface area contributed by atoms with Gasteiger partial charge >= 0.3 is 0 Å². The minimum Gasteiger partial charge on any atom is -0.323 e. The van der Waals surface area contributed by atoms with Crippen LogP contribution in [0.3, 0.4) is 0 Å². The maximum Gasteiger partial charge on any atom is 0.281 e. The van der Waals surface area contributed by atoms with Crippen molar-refractivity contribution >= 4 is 43.1 Å². The second-order valence-electron chi connectivity index (χ2n) is 12.3. The van der Waals surface area contributed by atoms with E-state index >= 15 is 0 Å². The van der Waals surface area contributed by atoms with Crippen molar-refractivity contribution in [2.24, 2.45) is 33.4 Å². The van der Waals surface area contributed by atoms with E-state index in [1.807, 2.05) is 0 Å². The van der Waals surface area contributed by atoms with Crippen molar-refractivity contribution in [2.75, 3.05) is 0 Å². The molecule has 258 valence electrons. The second-order valence-corrected chi connectivity index (χ2v) is 15.5. The van der Waals surface area contributed by atoms with E-state index in [2.05, 4.69) is 10.2 Å². The number of nitrogens with one attached hydrogen (secondary N) is 2. The lowest BCUT2D eigenvalue weighted by atomic mass is 9.72. The Morgan fingerprint density at radius 2 is 0.940 bits per heavy atom. The summed E-state index contributed by atoms with van der Waals surface area (Å²) in [5.41, 5.74) is 15.5. The highest BCUT2D eigenvalue weighted by atomic mass is 32.2. The molecule has 16 heteroatoms. The van der Waals surface area contributed by atoms with Crippen LogP contribution in [0, 0.1) is 24.7 Å². The first-order chi connectivity index (χ1) is 23.5. The summed E-state index contributed by atoms with van der Waals surface area (Å²) >= 11 is 0. The first kappa shape index (κ1) is 34.8. The fourth-order valence-electron chi connectivity index (χ4n) is 7.61. The van der Waals surface area contributed by atoms with Gasteiger partial charge in [-0.1, -0.05) is 84.9 Å². The molecule has 50 heavy (non-hydrogen) atoms. The largest absolute Gasteiger partial charge is 0.323 e. The molecule has 4 atom stereocenters. The van der Waals surface area contributed by atoms with Gasteiger partial charge < -0.3 is 23.2 Å². The van der Waals surface area contributed by atoms with Crippen LogP contribution in [0.2, 0.25) is 0 Å². The molecule has 6 rings (SSSR count). The van der Waals surface area contributed by atoms with Crippen molar-refractivity contribution < 1.29 is 25.9 Å². The van der Waals surface area contributed by atoms with Gasteiger partial charge in [-0.25, -0.2) is 0 Å². The average Bonchev–Trinajstić information content (AvgIpc) is 3.05. The van der Waals surface area contributed by atoms with Crippen LogP contribution in [0.5, 0.6) is 0 Å². The lowest BCUT2D eigenvalue weighted by molar-refractivity contribution is 0.434. The van der Waals surface area contributed by atoms with E-state index in [9.17, 15) is 25.9 Å². The number of nitrogens with zero attached hydrogens (tertiary/aromatic N) is 2. The smallest absolute Gasteiger partial charge is 0.281 e. The minimum absolute atomic E-state index is 0.0909. The number of nitrogens with two attached hydrogens (primary N) is 4. The van der Waals surface area contributed by atoms with E-state index in [0.29, 0.717) is 22.3 Å². The van der Waals surface area contributed by atoms with Gasteiger partial charge in [-0.15, -0.1) is 0 Å². The topological polar surface area (TPSA) is 285 Å². The van der Waals surface area contributed by atoms with Crippen LogP contribution in [0.1, 0.15) is 44.5 Å². The number of fused-ring (bicyclic) bond motifs is 2. The molecule has 0 spiro atoms. The Hall–Kier alpha value is -5.10. The summed E-state index contributed by atoms with van der Waals surface area (Å²) in [4.78, 5) is 0. The van der Waals surface area contributed by atoms with Gasteiger partial charge in [0.15, 0.2) is 9.49 Å². The van der Waals surface area contributed by atoms with Crippen LogP contribution in [0.15, 0.2) is 95.1 Å². The average molecular weight is 715 g/mol. The highest BCUT2D eigenvalue weighted by Crippen LogP contribution is 2.48. The van der Waals surface area contributed by atoms with Gasteiger partial charge in [0, 0.05) is 11.1 Å². The van der Waals surface area contributed by atoms with Gasteiger partial charge in [-0.05, 0) is 58.4 Å². The summed E-state index contributed by atoms with van der Waals surface area (Å²) in [6, 6.07) is 18.8. The molecule has 4 aromatic carbocycles. The summed E-state index contributed by atoms with van der Waals surface area (Å²) in [5.74, 6) is 11.2. The SMILES string of the molecule is Cc1cc(C2(S(=O)(=O)O)c3ccccc3C(=N)C(=NN)C2N)ccc1-c1ccc(C2(S(=O)(=O)O)c3ccccc3C(=N)C(=NN)C2N)cc1C. The van der Waals surface area contributed by atoms with Gasteiger partial charge in [-0.3, -0.25) is 19.9 Å². The Kier molecular flexibility index (Phi) is 8.17. The van der Waals surface area contributed by atoms with Gasteiger partial charge in [0.1, 0.15) is 11.4 Å². The van der Waals surface area contributed by atoms with E-state index in [1.165, 1.54) is 36.4 Å². The van der Waals surface area contributed by atoms with Crippen LogP contribution < -0.4 is 23.2 Å². The van der Waals surface area contributed by atoms with E-state index < -0.39 is 41.8 Å². The third-order valence-electron chi connectivity index (χ3n) is 9.86. The first-order valence-corrected chi connectivity index (χ1v) is 18.0. The molecule has 0 bridgehead atoms. The highest BCUT2D eigenvalue weighted by Gasteiger charge is 2.59. The number of hydrazone groups is 2. The van der Waals surface area contributed by atoms with Crippen molar-refractivity contribution in [3.63, 3.8) is 0 Å². The maximum absolute atomic E-state index is 13.4. The van der Waals surface area contributed by atoms with Gasteiger partial charge in [0.05, 0.1) is 23.5 Å². The quantitative estimate of drug-likeness (QED) is 0.0848. The van der Waals surface area contributed by atoms with Crippen LogP contribution in [0.4, 0.5) is 0 Å². The molecule has 0 amide bonds. The summed E-state index contributed by atoms with van der Waals surface area (Å²) in [5, 5.41) is 24.5. The van der Waals surface area contributed by atoms with Crippen LogP contribution in [-0.4, -0.2) is 60.9 Å². The molecule has 0 aromatic heterocycles. The van der Waals surface area contributed by atoms with Crippen LogP contribution in [-0.2, 0) is 29.7 Å².